The molecule has 347 valence electrons. The van der Waals surface area contributed by atoms with Crippen LogP contribution in [0, 0.1) is 25.1 Å². The van der Waals surface area contributed by atoms with Gasteiger partial charge in [0.15, 0.2) is 0 Å². The molecule has 0 unspecified atom stereocenters. The van der Waals surface area contributed by atoms with Crippen LogP contribution in [-0.4, -0.2) is 26.7 Å². The summed E-state index contributed by atoms with van der Waals surface area (Å²) in [6.07, 6.45) is 0.821. The molecule has 0 atom stereocenters. The molecule has 0 aliphatic rings. The Kier molecular flexibility index (Phi) is 22.9. The van der Waals surface area contributed by atoms with E-state index in [1.807, 2.05) is 103 Å². The van der Waals surface area contributed by atoms with Crippen LogP contribution in [0.3, 0.4) is 0 Å². The fraction of sp³-hybridized carbons (Fsp3) is 0.0556. The molecule has 0 saturated carbocycles. The molecule has 0 spiro atoms. The maximum absolute atomic E-state index is 13.1. The number of aromatic hydroxyl groups is 1. The quantitative estimate of drug-likeness (QED) is 0.133. The number of alkyl halides is 6. The predicted molar refractivity (Wildman–Crippen MR) is 240 cm³/mol. The van der Waals surface area contributed by atoms with Gasteiger partial charge in [-0.3, -0.25) is 0 Å². The van der Waals surface area contributed by atoms with E-state index in [-0.39, 0.29) is 71.6 Å². The first-order valence-electron chi connectivity index (χ1n) is 19.7. The van der Waals surface area contributed by atoms with Crippen LogP contribution in [0.1, 0.15) is 11.1 Å². The number of aryl methyl sites for hydroxylation is 1. The van der Waals surface area contributed by atoms with Crippen LogP contribution < -0.4 is 0 Å². The Bertz CT molecular complexity index is 2700. The zero-order valence-corrected chi connectivity index (χ0v) is 42.4. The van der Waals surface area contributed by atoms with Gasteiger partial charge in [0.1, 0.15) is 5.75 Å². The first kappa shape index (κ1) is 55.4. The monoisotopic (exact) mass is 1440 g/mol. The van der Waals surface area contributed by atoms with Crippen LogP contribution in [0.4, 0.5) is 26.3 Å². The maximum Gasteiger partial charge on any atom is 0.417 e. The summed E-state index contributed by atoms with van der Waals surface area (Å²) in [5.74, 6) is 0.267. The van der Waals surface area contributed by atoms with Gasteiger partial charge < -0.3 is 20.1 Å². The molecule has 0 aliphatic carbocycles. The summed E-state index contributed by atoms with van der Waals surface area (Å²) in [6.45, 7) is -1.55. The van der Waals surface area contributed by atoms with E-state index in [2.05, 4.69) is 70.4 Å². The summed E-state index contributed by atoms with van der Waals surface area (Å²) in [4.78, 5) is 13.2. The van der Waals surface area contributed by atoms with Crippen molar-refractivity contribution >= 4 is 0 Å². The number of hydrogen-bond donors (Lipinski definition) is 1. The van der Waals surface area contributed by atoms with E-state index in [4.69, 9.17) is 0 Å². The fourth-order valence-electron chi connectivity index (χ4n) is 6.42. The molecule has 0 saturated heterocycles. The number of para-hydroxylation sites is 1. The molecule has 0 amide bonds. The predicted octanol–water partition coefficient (Wildman–Crippen LogP) is 14.9. The second-order valence-electron chi connectivity index (χ2n) is 13.7. The van der Waals surface area contributed by atoms with E-state index in [9.17, 15) is 31.4 Å². The SMILES string of the molecule is Cc1ccccc1-c1ccc(-c2[c-]cccc2)nc1.FC(F)(F)c1ccccc1-c1ccnc(-c2[c-]cccc2)c1.FC(F)F.Oc1ccccc1-c1ccc(-c2[c-]cccc2)nc1.[Ir].[Ir].[Ir]. The minimum atomic E-state index is -4.39. The van der Waals surface area contributed by atoms with Crippen molar-refractivity contribution in [3.63, 3.8) is 0 Å². The number of phenols is 1. The van der Waals surface area contributed by atoms with Gasteiger partial charge in [0.05, 0.1) is 5.56 Å². The molecule has 0 fully saturated rings. The molecule has 3 radical (unpaired) electrons. The van der Waals surface area contributed by atoms with Crippen molar-refractivity contribution in [2.24, 2.45) is 0 Å². The third kappa shape index (κ3) is 16.4. The van der Waals surface area contributed by atoms with E-state index < -0.39 is 18.4 Å². The Balaban J connectivity index is 0.000000251. The first-order valence-corrected chi connectivity index (χ1v) is 19.7. The van der Waals surface area contributed by atoms with Gasteiger partial charge in [-0.1, -0.05) is 91.0 Å². The van der Waals surface area contributed by atoms with Gasteiger partial charge in [-0.05, 0) is 70.0 Å². The molecular weight excluding hydrogens is 1400 g/mol. The van der Waals surface area contributed by atoms with Gasteiger partial charge in [-0.25, -0.2) is 0 Å². The van der Waals surface area contributed by atoms with Crippen molar-refractivity contribution < 1.29 is 91.8 Å². The Morgan fingerprint density at radius 2 is 0.896 bits per heavy atom. The van der Waals surface area contributed by atoms with E-state index in [1.165, 1.54) is 29.5 Å². The van der Waals surface area contributed by atoms with E-state index in [0.29, 0.717) is 11.3 Å². The average molecular weight is 1440 g/mol. The van der Waals surface area contributed by atoms with Gasteiger partial charge in [-0.2, -0.15) is 26.3 Å². The molecule has 9 aromatic rings. The number of rotatable bonds is 6. The third-order valence-electron chi connectivity index (χ3n) is 9.46. The van der Waals surface area contributed by atoms with Crippen LogP contribution >= 0.6 is 0 Å². The van der Waals surface area contributed by atoms with Crippen molar-refractivity contribution in [1.82, 2.24) is 15.0 Å². The van der Waals surface area contributed by atoms with Crippen LogP contribution in [0.2, 0.25) is 0 Å². The summed E-state index contributed by atoms with van der Waals surface area (Å²) < 4.78 is 68.4. The summed E-state index contributed by atoms with van der Waals surface area (Å²) in [5.41, 5.74) is 10.5. The van der Waals surface area contributed by atoms with Crippen molar-refractivity contribution in [1.29, 1.82) is 0 Å². The molecule has 3 heterocycles. The van der Waals surface area contributed by atoms with Gasteiger partial charge in [-0.15, -0.1) is 108 Å². The first-order chi connectivity index (χ1) is 31.0. The second kappa shape index (κ2) is 27.7. The minimum absolute atomic E-state index is 0. The minimum Gasteiger partial charge on any atom is -0.507 e. The molecule has 13 heteroatoms. The Hall–Kier alpha value is -5.90. The normalized spacial score (nSPS) is 10.1. The van der Waals surface area contributed by atoms with Crippen LogP contribution in [0.15, 0.2) is 201 Å². The van der Waals surface area contributed by atoms with Crippen LogP contribution in [0.5, 0.6) is 5.75 Å². The maximum atomic E-state index is 13.1. The average Bonchev–Trinajstić information content (AvgIpc) is 3.33. The van der Waals surface area contributed by atoms with Crippen molar-refractivity contribution in [2.45, 2.75) is 19.8 Å². The molecule has 9 rings (SSSR count). The summed E-state index contributed by atoms with van der Waals surface area (Å²) in [5, 5.41) is 9.82. The van der Waals surface area contributed by atoms with Gasteiger partial charge >= 0.3 is 12.9 Å². The molecule has 6 aromatic carbocycles. The zero-order valence-electron chi connectivity index (χ0n) is 35.2. The van der Waals surface area contributed by atoms with Gasteiger partial charge in [0, 0.05) is 90.0 Å². The number of aromatic nitrogens is 3. The molecule has 0 bridgehead atoms. The molecule has 4 nitrogen and oxygen atoms in total. The number of halogens is 6. The molecule has 3 aromatic heterocycles. The molecule has 67 heavy (non-hydrogen) atoms. The largest absolute Gasteiger partial charge is 0.507 e. The smallest absolute Gasteiger partial charge is 0.417 e. The van der Waals surface area contributed by atoms with Crippen molar-refractivity contribution in [2.75, 3.05) is 0 Å². The van der Waals surface area contributed by atoms with Gasteiger partial charge in [0.25, 0.3) is 0 Å². The van der Waals surface area contributed by atoms with E-state index in [0.717, 1.165) is 50.8 Å². The zero-order chi connectivity index (χ0) is 45.3. The Morgan fingerprint density at radius 3 is 1.34 bits per heavy atom. The Labute approximate surface area is 426 Å². The number of benzene rings is 6. The number of pyridine rings is 3. The van der Waals surface area contributed by atoms with Crippen molar-refractivity contribution in [3.8, 4) is 72.9 Å². The number of nitrogens with zero attached hydrogens (tertiary/aromatic N) is 3. The summed E-state index contributed by atoms with van der Waals surface area (Å²) in [6, 6.07) is 64.7. The van der Waals surface area contributed by atoms with Crippen molar-refractivity contribution in [3.05, 3.63) is 230 Å². The summed E-state index contributed by atoms with van der Waals surface area (Å²) in [7, 11) is 0. The van der Waals surface area contributed by atoms with Crippen LogP contribution in [-0.2, 0) is 66.5 Å². The summed E-state index contributed by atoms with van der Waals surface area (Å²) >= 11 is 0. The molecule has 0 aliphatic heterocycles. The van der Waals surface area contributed by atoms with Gasteiger partial charge in [0.2, 0.25) is 0 Å². The van der Waals surface area contributed by atoms with Crippen LogP contribution in [0.25, 0.3) is 67.2 Å². The number of phenolic OH excluding ortho intramolecular Hbond substituents is 1. The second-order valence-corrected chi connectivity index (χ2v) is 13.7. The van der Waals surface area contributed by atoms with E-state index >= 15 is 0 Å². The fourth-order valence-corrected chi connectivity index (χ4v) is 6.42. The number of hydrogen-bond acceptors (Lipinski definition) is 4. The topological polar surface area (TPSA) is 58.9 Å². The molecular formula is C54H38F6Ir3N3O-3. The molecule has 1 N–H and O–H groups in total. The third-order valence-corrected chi connectivity index (χ3v) is 9.46. The Morgan fingerprint density at radius 1 is 0.463 bits per heavy atom. The standard InChI is InChI=1S/C18H11F3N.C18H14N.C17H12NO.CHF3.3Ir/c19-18(20,21)16-9-5-4-8-15(16)14-10-11-22-17(12-14)13-6-2-1-3-7-13;1-14-7-5-6-10-17(14)16-11-12-18(19-13-16)15-8-3-2-4-9-15;19-17-9-5-4-8-15(17)14-10-11-16(18-12-14)13-6-2-1-3-7-13;2-1(3)4;;;/h1-6,8-12H;2-8,10-13H,1H3;1-6,8-12,19H;1H;;;/q3*-1;;;;. The van der Waals surface area contributed by atoms with E-state index in [1.54, 1.807) is 42.6 Å².